The van der Waals surface area contributed by atoms with Gasteiger partial charge in [-0.3, -0.25) is 0 Å². The summed E-state index contributed by atoms with van der Waals surface area (Å²) in [4.78, 5) is 0. The highest BCUT2D eigenvalue weighted by atomic mass is 32.1. The zero-order valence-corrected chi connectivity index (χ0v) is 11.8. The van der Waals surface area contributed by atoms with Crippen LogP contribution in [-0.4, -0.2) is 19.5 Å². The van der Waals surface area contributed by atoms with E-state index in [9.17, 15) is 0 Å². The van der Waals surface area contributed by atoms with Crippen molar-refractivity contribution in [3.63, 3.8) is 0 Å². The quantitative estimate of drug-likeness (QED) is 0.746. The molecule has 1 rings (SSSR count). The number of hydrogen-bond acceptors (Lipinski definition) is 3. The molecule has 0 saturated heterocycles. The Morgan fingerprint density at radius 2 is 1.82 bits per heavy atom. The van der Waals surface area contributed by atoms with Gasteiger partial charge in [-0.25, -0.2) is 0 Å². The third-order valence-electron chi connectivity index (χ3n) is 3.42. The molecule has 0 saturated carbocycles. The van der Waals surface area contributed by atoms with Crippen molar-refractivity contribution in [2.24, 2.45) is 5.41 Å². The summed E-state index contributed by atoms with van der Waals surface area (Å²) in [6.07, 6.45) is 2.16. The average Bonchev–Trinajstić information content (AvgIpc) is 2.41. The lowest BCUT2D eigenvalue weighted by molar-refractivity contribution is 0.156. The third kappa shape index (κ3) is 3.84. The fourth-order valence-electron chi connectivity index (χ4n) is 1.65. The maximum atomic E-state index is 5.86. The largest absolute Gasteiger partial charge is 0.497 e. The van der Waals surface area contributed by atoms with E-state index in [0.717, 1.165) is 30.1 Å². The molecule has 0 bridgehead atoms. The second-order valence-corrected chi connectivity index (χ2v) is 4.65. The first kappa shape index (κ1) is 14.2. The molecule has 2 nitrogen and oxygen atoms in total. The molecule has 0 aliphatic heterocycles. The fourth-order valence-corrected chi connectivity index (χ4v) is 2.19. The molecule has 17 heavy (non-hydrogen) atoms. The lowest BCUT2D eigenvalue weighted by atomic mass is 9.85. The van der Waals surface area contributed by atoms with Gasteiger partial charge in [0, 0.05) is 11.5 Å². The monoisotopic (exact) mass is 254 g/mol. The minimum absolute atomic E-state index is 0.173. The van der Waals surface area contributed by atoms with Crippen LogP contribution in [0.3, 0.4) is 0 Å². The van der Waals surface area contributed by atoms with Gasteiger partial charge < -0.3 is 9.47 Å². The van der Waals surface area contributed by atoms with Gasteiger partial charge in [-0.2, -0.15) is 12.6 Å². The van der Waals surface area contributed by atoms with Gasteiger partial charge in [0.1, 0.15) is 11.5 Å². The lowest BCUT2D eigenvalue weighted by Gasteiger charge is -2.29. The van der Waals surface area contributed by atoms with Crippen molar-refractivity contribution in [3.8, 4) is 11.5 Å². The number of rotatable bonds is 7. The van der Waals surface area contributed by atoms with Crippen LogP contribution in [0, 0.1) is 5.41 Å². The topological polar surface area (TPSA) is 18.5 Å². The summed E-state index contributed by atoms with van der Waals surface area (Å²) in [5, 5.41) is 0. The molecule has 0 aliphatic rings. The van der Waals surface area contributed by atoms with Crippen LogP contribution in [0.2, 0.25) is 0 Å². The van der Waals surface area contributed by atoms with Gasteiger partial charge in [-0.05, 0) is 30.7 Å². The van der Waals surface area contributed by atoms with E-state index < -0.39 is 0 Å². The van der Waals surface area contributed by atoms with E-state index in [1.807, 2.05) is 24.3 Å². The molecule has 0 aliphatic carbocycles. The van der Waals surface area contributed by atoms with Crippen LogP contribution in [0.1, 0.15) is 26.7 Å². The Balaban J connectivity index is 2.65. The Kier molecular flexibility index (Phi) is 5.69. The van der Waals surface area contributed by atoms with E-state index in [2.05, 4.69) is 26.5 Å². The van der Waals surface area contributed by atoms with Gasteiger partial charge in [-0.15, -0.1) is 0 Å². The fraction of sp³-hybridized carbons (Fsp3) is 0.571. The molecule has 0 aromatic heterocycles. The molecule has 0 radical (unpaired) electrons. The normalized spacial score (nSPS) is 11.3. The second kappa shape index (κ2) is 6.80. The highest BCUT2D eigenvalue weighted by Crippen LogP contribution is 2.29. The van der Waals surface area contributed by atoms with Crippen LogP contribution in [0.5, 0.6) is 11.5 Å². The van der Waals surface area contributed by atoms with Gasteiger partial charge in [0.15, 0.2) is 0 Å². The molecule has 0 fully saturated rings. The van der Waals surface area contributed by atoms with Crippen molar-refractivity contribution >= 4 is 12.6 Å². The van der Waals surface area contributed by atoms with E-state index in [1.54, 1.807) is 7.11 Å². The highest BCUT2D eigenvalue weighted by molar-refractivity contribution is 7.80. The van der Waals surface area contributed by atoms with Crippen molar-refractivity contribution in [2.75, 3.05) is 19.5 Å². The van der Waals surface area contributed by atoms with E-state index in [0.29, 0.717) is 6.61 Å². The van der Waals surface area contributed by atoms with E-state index >= 15 is 0 Å². The number of ether oxygens (including phenoxy) is 2. The SMILES string of the molecule is CCC(CC)(CS)COc1cccc(OC)c1. The third-order valence-corrected chi connectivity index (χ3v) is 4.09. The maximum Gasteiger partial charge on any atom is 0.123 e. The van der Waals surface area contributed by atoms with Gasteiger partial charge >= 0.3 is 0 Å². The van der Waals surface area contributed by atoms with Gasteiger partial charge in [0.25, 0.3) is 0 Å². The molecule has 96 valence electrons. The molecule has 0 spiro atoms. The maximum absolute atomic E-state index is 5.86. The second-order valence-electron chi connectivity index (χ2n) is 4.33. The minimum atomic E-state index is 0.173. The first-order valence-corrected chi connectivity index (χ1v) is 6.70. The lowest BCUT2D eigenvalue weighted by Crippen LogP contribution is -2.29. The summed E-state index contributed by atoms with van der Waals surface area (Å²) in [6, 6.07) is 7.72. The van der Waals surface area contributed by atoms with E-state index in [-0.39, 0.29) is 5.41 Å². The summed E-state index contributed by atoms with van der Waals surface area (Å²) in [5.41, 5.74) is 0.173. The highest BCUT2D eigenvalue weighted by Gasteiger charge is 2.25. The molecule has 0 atom stereocenters. The minimum Gasteiger partial charge on any atom is -0.497 e. The molecular weight excluding hydrogens is 232 g/mol. The first-order chi connectivity index (χ1) is 8.19. The molecule has 0 unspecified atom stereocenters. The Morgan fingerprint density at radius 3 is 2.35 bits per heavy atom. The van der Waals surface area contributed by atoms with Crippen LogP contribution < -0.4 is 9.47 Å². The van der Waals surface area contributed by atoms with Crippen molar-refractivity contribution < 1.29 is 9.47 Å². The van der Waals surface area contributed by atoms with Crippen LogP contribution in [-0.2, 0) is 0 Å². The summed E-state index contributed by atoms with van der Waals surface area (Å²) in [6.45, 7) is 5.08. The zero-order chi connectivity index (χ0) is 12.7. The number of benzene rings is 1. The predicted octanol–water partition coefficient (Wildman–Crippen LogP) is 3.81. The molecule has 0 heterocycles. The van der Waals surface area contributed by atoms with Crippen LogP contribution in [0.4, 0.5) is 0 Å². The first-order valence-electron chi connectivity index (χ1n) is 6.07. The number of thiol groups is 1. The Morgan fingerprint density at radius 1 is 1.18 bits per heavy atom. The average molecular weight is 254 g/mol. The van der Waals surface area contributed by atoms with Gasteiger partial charge in [0.05, 0.1) is 13.7 Å². The smallest absolute Gasteiger partial charge is 0.123 e. The Labute approximate surface area is 110 Å². The van der Waals surface area contributed by atoms with Crippen molar-refractivity contribution in [1.29, 1.82) is 0 Å². The molecule has 0 amide bonds. The van der Waals surface area contributed by atoms with E-state index in [1.165, 1.54) is 0 Å². The molecule has 0 N–H and O–H groups in total. The Bertz CT molecular complexity index is 326. The van der Waals surface area contributed by atoms with E-state index in [4.69, 9.17) is 9.47 Å². The van der Waals surface area contributed by atoms with Crippen molar-refractivity contribution in [3.05, 3.63) is 24.3 Å². The summed E-state index contributed by atoms with van der Waals surface area (Å²) >= 11 is 4.44. The number of methoxy groups -OCH3 is 1. The number of hydrogen-bond donors (Lipinski definition) is 1. The molecule has 1 aromatic rings. The molecular formula is C14H22O2S. The standard InChI is InChI=1S/C14H22O2S/c1-4-14(5-2,11-17)10-16-13-8-6-7-12(9-13)15-3/h6-9,17H,4-5,10-11H2,1-3H3. The predicted molar refractivity (Wildman–Crippen MR) is 75.4 cm³/mol. The Hall–Kier alpha value is -0.830. The van der Waals surface area contributed by atoms with Crippen LogP contribution in [0.15, 0.2) is 24.3 Å². The van der Waals surface area contributed by atoms with Gasteiger partial charge in [-0.1, -0.05) is 19.9 Å². The summed E-state index contributed by atoms with van der Waals surface area (Å²) < 4.78 is 11.0. The van der Waals surface area contributed by atoms with Crippen LogP contribution in [0.25, 0.3) is 0 Å². The molecule has 1 aromatic carbocycles. The van der Waals surface area contributed by atoms with Gasteiger partial charge in [0.2, 0.25) is 0 Å². The van der Waals surface area contributed by atoms with Crippen LogP contribution >= 0.6 is 12.6 Å². The van der Waals surface area contributed by atoms with Crippen molar-refractivity contribution in [2.45, 2.75) is 26.7 Å². The molecule has 3 heteroatoms. The summed E-state index contributed by atoms with van der Waals surface area (Å²) in [7, 11) is 1.66. The zero-order valence-electron chi connectivity index (χ0n) is 10.9. The summed E-state index contributed by atoms with van der Waals surface area (Å²) in [5.74, 6) is 2.54. The van der Waals surface area contributed by atoms with Crippen molar-refractivity contribution in [1.82, 2.24) is 0 Å².